The van der Waals surface area contributed by atoms with Gasteiger partial charge in [0.25, 0.3) is 0 Å². The van der Waals surface area contributed by atoms with Gasteiger partial charge in [0.1, 0.15) is 5.60 Å². The highest BCUT2D eigenvalue weighted by Gasteiger charge is 2.30. The van der Waals surface area contributed by atoms with Crippen molar-refractivity contribution in [2.45, 2.75) is 72.1 Å². The number of rotatable bonds is 5. The van der Waals surface area contributed by atoms with Gasteiger partial charge in [0, 0.05) is 31.3 Å². The second-order valence-electron chi connectivity index (χ2n) is 8.17. The highest BCUT2D eigenvalue weighted by molar-refractivity contribution is 5.69. The van der Waals surface area contributed by atoms with Crippen LogP contribution in [0.25, 0.3) is 0 Å². The minimum absolute atomic E-state index is 0.251. The van der Waals surface area contributed by atoms with Gasteiger partial charge in [0.05, 0.1) is 6.61 Å². The Morgan fingerprint density at radius 2 is 1.95 bits per heavy atom. The monoisotopic (exact) mass is 314 g/mol. The fourth-order valence-electron chi connectivity index (χ4n) is 2.54. The SMILES string of the molecule is CC(NCCN(C(=O)OC(C)(C)C)C(C)(C)C)C1CCOC1. The predicted octanol–water partition coefficient (Wildman–Crippen LogP) is 3.04. The molecule has 5 heteroatoms. The van der Waals surface area contributed by atoms with Crippen molar-refractivity contribution in [2.75, 3.05) is 26.3 Å². The topological polar surface area (TPSA) is 50.8 Å². The molecule has 1 N–H and O–H groups in total. The zero-order valence-corrected chi connectivity index (χ0v) is 15.4. The lowest BCUT2D eigenvalue weighted by Gasteiger charge is -2.37. The second-order valence-corrected chi connectivity index (χ2v) is 8.17. The van der Waals surface area contributed by atoms with Crippen LogP contribution in [0.1, 0.15) is 54.9 Å². The highest BCUT2D eigenvalue weighted by atomic mass is 16.6. The summed E-state index contributed by atoms with van der Waals surface area (Å²) in [7, 11) is 0. The molecule has 0 aromatic heterocycles. The molecule has 0 aromatic carbocycles. The zero-order chi connectivity index (χ0) is 17.0. The molecule has 2 atom stereocenters. The van der Waals surface area contributed by atoms with Crippen LogP contribution in [0, 0.1) is 5.92 Å². The van der Waals surface area contributed by atoms with Crippen molar-refractivity contribution in [1.82, 2.24) is 10.2 Å². The van der Waals surface area contributed by atoms with Crippen LogP contribution in [-0.2, 0) is 9.47 Å². The van der Waals surface area contributed by atoms with Gasteiger partial charge in [0.15, 0.2) is 0 Å². The van der Waals surface area contributed by atoms with Crippen molar-refractivity contribution in [3.8, 4) is 0 Å². The molecule has 1 heterocycles. The predicted molar refractivity (Wildman–Crippen MR) is 89.1 cm³/mol. The molecule has 0 radical (unpaired) electrons. The number of nitrogens with one attached hydrogen (secondary N) is 1. The van der Waals surface area contributed by atoms with Crippen LogP contribution in [0.4, 0.5) is 4.79 Å². The summed E-state index contributed by atoms with van der Waals surface area (Å²) in [5.74, 6) is 0.574. The molecule has 0 bridgehead atoms. The van der Waals surface area contributed by atoms with E-state index in [0.717, 1.165) is 26.2 Å². The smallest absolute Gasteiger partial charge is 0.410 e. The lowest BCUT2D eigenvalue weighted by molar-refractivity contribution is 0.00636. The van der Waals surface area contributed by atoms with Gasteiger partial charge in [-0.15, -0.1) is 0 Å². The second kappa shape index (κ2) is 7.64. The summed E-state index contributed by atoms with van der Waals surface area (Å²) >= 11 is 0. The van der Waals surface area contributed by atoms with Gasteiger partial charge in [-0.25, -0.2) is 4.79 Å². The molecule has 0 saturated carbocycles. The Hall–Kier alpha value is -0.810. The lowest BCUT2D eigenvalue weighted by atomic mass is 10.0. The van der Waals surface area contributed by atoms with Gasteiger partial charge in [-0.1, -0.05) is 0 Å². The Kier molecular flexibility index (Phi) is 6.68. The maximum atomic E-state index is 12.4. The Bertz CT molecular complexity index is 352. The van der Waals surface area contributed by atoms with E-state index in [9.17, 15) is 4.79 Å². The van der Waals surface area contributed by atoms with Crippen LogP contribution < -0.4 is 5.32 Å². The van der Waals surface area contributed by atoms with E-state index >= 15 is 0 Å². The number of amides is 1. The third-order valence-corrected chi connectivity index (χ3v) is 3.90. The first-order chi connectivity index (χ1) is 10.0. The van der Waals surface area contributed by atoms with Crippen LogP contribution in [0.3, 0.4) is 0 Å². The Morgan fingerprint density at radius 1 is 1.32 bits per heavy atom. The third kappa shape index (κ3) is 6.53. The van der Waals surface area contributed by atoms with E-state index in [1.807, 2.05) is 41.5 Å². The first kappa shape index (κ1) is 19.2. The number of hydrogen-bond donors (Lipinski definition) is 1. The zero-order valence-electron chi connectivity index (χ0n) is 15.4. The van der Waals surface area contributed by atoms with Crippen molar-refractivity contribution in [2.24, 2.45) is 5.92 Å². The van der Waals surface area contributed by atoms with Crippen LogP contribution >= 0.6 is 0 Å². The number of ether oxygens (including phenoxy) is 2. The van der Waals surface area contributed by atoms with Gasteiger partial charge in [-0.2, -0.15) is 0 Å². The maximum Gasteiger partial charge on any atom is 0.410 e. The number of carbonyl (C=O) groups excluding carboxylic acids is 1. The van der Waals surface area contributed by atoms with E-state index in [1.165, 1.54) is 0 Å². The average Bonchev–Trinajstić information content (AvgIpc) is 2.83. The molecule has 1 fully saturated rings. The van der Waals surface area contributed by atoms with E-state index in [-0.39, 0.29) is 11.6 Å². The molecule has 0 spiro atoms. The van der Waals surface area contributed by atoms with Crippen LogP contribution in [-0.4, -0.2) is 54.5 Å². The Balaban J connectivity index is 2.50. The molecule has 5 nitrogen and oxygen atoms in total. The van der Waals surface area contributed by atoms with E-state index in [0.29, 0.717) is 18.5 Å². The van der Waals surface area contributed by atoms with Crippen LogP contribution in [0.5, 0.6) is 0 Å². The van der Waals surface area contributed by atoms with Crippen molar-refractivity contribution >= 4 is 6.09 Å². The molecular formula is C17H34N2O3. The highest BCUT2D eigenvalue weighted by Crippen LogP contribution is 2.19. The molecule has 1 aliphatic heterocycles. The molecule has 0 aromatic rings. The minimum Gasteiger partial charge on any atom is -0.444 e. The van der Waals surface area contributed by atoms with Gasteiger partial charge < -0.3 is 19.7 Å². The van der Waals surface area contributed by atoms with Crippen LogP contribution in [0.2, 0.25) is 0 Å². The number of nitrogens with zero attached hydrogens (tertiary/aromatic N) is 1. The summed E-state index contributed by atoms with van der Waals surface area (Å²) in [6.45, 7) is 17.1. The molecule has 1 saturated heterocycles. The summed E-state index contributed by atoms with van der Waals surface area (Å²) < 4.78 is 11.0. The fourth-order valence-corrected chi connectivity index (χ4v) is 2.54. The fraction of sp³-hybridized carbons (Fsp3) is 0.941. The first-order valence-electron chi connectivity index (χ1n) is 8.32. The molecular weight excluding hydrogens is 280 g/mol. The normalized spacial score (nSPS) is 20.8. The molecule has 1 amide bonds. The van der Waals surface area contributed by atoms with Crippen molar-refractivity contribution < 1.29 is 14.3 Å². The molecule has 2 unspecified atom stereocenters. The van der Waals surface area contributed by atoms with E-state index < -0.39 is 5.60 Å². The van der Waals surface area contributed by atoms with Gasteiger partial charge >= 0.3 is 6.09 Å². The molecule has 130 valence electrons. The van der Waals surface area contributed by atoms with E-state index in [4.69, 9.17) is 9.47 Å². The largest absolute Gasteiger partial charge is 0.444 e. The lowest BCUT2D eigenvalue weighted by Crippen LogP contribution is -2.51. The molecule has 22 heavy (non-hydrogen) atoms. The van der Waals surface area contributed by atoms with Crippen LogP contribution in [0.15, 0.2) is 0 Å². The maximum absolute atomic E-state index is 12.4. The summed E-state index contributed by atoms with van der Waals surface area (Å²) in [5, 5.41) is 3.52. The number of carbonyl (C=O) groups is 1. The first-order valence-corrected chi connectivity index (χ1v) is 8.32. The third-order valence-electron chi connectivity index (χ3n) is 3.90. The molecule has 1 rings (SSSR count). The van der Waals surface area contributed by atoms with Gasteiger partial charge in [0.2, 0.25) is 0 Å². The quantitative estimate of drug-likeness (QED) is 0.847. The van der Waals surface area contributed by atoms with E-state index in [2.05, 4.69) is 12.2 Å². The van der Waals surface area contributed by atoms with Crippen molar-refractivity contribution in [3.05, 3.63) is 0 Å². The Labute approximate surface area is 135 Å². The Morgan fingerprint density at radius 3 is 2.41 bits per heavy atom. The summed E-state index contributed by atoms with van der Waals surface area (Å²) in [4.78, 5) is 14.2. The molecule has 1 aliphatic rings. The minimum atomic E-state index is -0.470. The molecule has 0 aliphatic carbocycles. The summed E-state index contributed by atoms with van der Waals surface area (Å²) in [5.41, 5.74) is -0.730. The van der Waals surface area contributed by atoms with Crippen molar-refractivity contribution in [1.29, 1.82) is 0 Å². The average molecular weight is 314 g/mol. The van der Waals surface area contributed by atoms with Crippen molar-refractivity contribution in [3.63, 3.8) is 0 Å². The summed E-state index contributed by atoms with van der Waals surface area (Å²) in [6, 6.07) is 0.406. The van der Waals surface area contributed by atoms with Gasteiger partial charge in [-0.3, -0.25) is 0 Å². The summed E-state index contributed by atoms with van der Waals surface area (Å²) in [6.07, 6.45) is 0.863. The van der Waals surface area contributed by atoms with E-state index in [1.54, 1.807) is 4.90 Å². The van der Waals surface area contributed by atoms with Gasteiger partial charge in [-0.05, 0) is 60.8 Å². The number of hydrogen-bond acceptors (Lipinski definition) is 4. The standard InChI is InChI=1S/C17H34N2O3/c1-13(14-8-11-21-12-14)18-9-10-19(16(2,3)4)15(20)22-17(5,6)7/h13-14,18H,8-12H2,1-7H3.